The number of nitrogens with two attached hydrogens (primary N) is 1. The van der Waals surface area contributed by atoms with Gasteiger partial charge in [0.15, 0.2) is 0 Å². The summed E-state index contributed by atoms with van der Waals surface area (Å²) in [6, 6.07) is 5.59. The van der Waals surface area contributed by atoms with Gasteiger partial charge in [-0.05, 0) is 36.7 Å². The zero-order valence-corrected chi connectivity index (χ0v) is 11.1. The van der Waals surface area contributed by atoms with Crippen LogP contribution in [0.3, 0.4) is 0 Å². The molecular formula is C12H18Cl2N2. The first-order valence-corrected chi connectivity index (χ1v) is 6.29. The van der Waals surface area contributed by atoms with Crippen LogP contribution >= 0.6 is 23.2 Å². The summed E-state index contributed by atoms with van der Waals surface area (Å²) in [5, 5.41) is 1.52. The first-order valence-electron chi connectivity index (χ1n) is 5.53. The molecule has 0 saturated heterocycles. The molecule has 0 unspecified atom stereocenters. The lowest BCUT2D eigenvalue weighted by atomic mass is 10.1. The molecule has 0 radical (unpaired) electrons. The largest absolute Gasteiger partial charge is 0.329 e. The number of nitrogens with zero attached hydrogens (tertiary/aromatic N) is 1. The minimum absolute atomic E-state index is 0.692. The van der Waals surface area contributed by atoms with E-state index in [-0.39, 0.29) is 0 Å². The minimum Gasteiger partial charge on any atom is -0.329 e. The van der Waals surface area contributed by atoms with Gasteiger partial charge in [-0.15, -0.1) is 0 Å². The van der Waals surface area contributed by atoms with Crippen molar-refractivity contribution in [1.82, 2.24) is 4.90 Å². The number of hydrogen-bond acceptors (Lipinski definition) is 2. The lowest BCUT2D eigenvalue weighted by Crippen LogP contribution is -2.31. The van der Waals surface area contributed by atoms with Crippen molar-refractivity contribution in [1.29, 1.82) is 0 Å². The Bertz CT molecular complexity index is 329. The molecule has 2 N–H and O–H groups in total. The van der Waals surface area contributed by atoms with Gasteiger partial charge in [0.05, 0.1) is 0 Å². The van der Waals surface area contributed by atoms with Crippen molar-refractivity contribution in [3.05, 3.63) is 33.8 Å². The van der Waals surface area contributed by atoms with Crippen LogP contribution in [0.2, 0.25) is 10.0 Å². The standard InChI is InChI=1S/C12H18Cl2N2/c1-2-16(8-6-15)7-5-10-9-11(13)3-4-12(10)14/h3-4,9H,2,5-8,15H2,1H3. The van der Waals surface area contributed by atoms with Gasteiger partial charge in [-0.1, -0.05) is 30.1 Å². The molecule has 1 aromatic rings. The van der Waals surface area contributed by atoms with Crippen molar-refractivity contribution in [2.24, 2.45) is 5.73 Å². The van der Waals surface area contributed by atoms with E-state index in [2.05, 4.69) is 11.8 Å². The second kappa shape index (κ2) is 7.13. The van der Waals surface area contributed by atoms with Gasteiger partial charge in [-0.2, -0.15) is 0 Å². The fraction of sp³-hybridized carbons (Fsp3) is 0.500. The highest BCUT2D eigenvalue weighted by Gasteiger charge is 2.05. The SMILES string of the molecule is CCN(CCN)CCc1cc(Cl)ccc1Cl. The molecule has 0 aliphatic rings. The Labute approximate surface area is 107 Å². The van der Waals surface area contributed by atoms with Crippen molar-refractivity contribution in [3.63, 3.8) is 0 Å². The maximum Gasteiger partial charge on any atom is 0.0439 e. The molecule has 0 aliphatic carbocycles. The summed E-state index contributed by atoms with van der Waals surface area (Å²) in [6.07, 6.45) is 0.910. The fourth-order valence-corrected chi connectivity index (χ4v) is 2.03. The zero-order valence-electron chi connectivity index (χ0n) is 9.55. The summed E-state index contributed by atoms with van der Waals surface area (Å²) in [5.74, 6) is 0. The van der Waals surface area contributed by atoms with E-state index >= 15 is 0 Å². The summed E-state index contributed by atoms with van der Waals surface area (Å²) in [6.45, 7) is 5.73. The molecule has 1 rings (SSSR count). The maximum atomic E-state index is 6.10. The third-order valence-corrected chi connectivity index (χ3v) is 3.20. The van der Waals surface area contributed by atoms with E-state index in [1.165, 1.54) is 0 Å². The summed E-state index contributed by atoms with van der Waals surface area (Å²) in [7, 11) is 0. The van der Waals surface area contributed by atoms with Crippen molar-refractivity contribution < 1.29 is 0 Å². The van der Waals surface area contributed by atoms with Crippen LogP contribution in [0.1, 0.15) is 12.5 Å². The minimum atomic E-state index is 0.692. The number of benzene rings is 1. The third kappa shape index (κ3) is 4.30. The number of likely N-dealkylation sites (N-methyl/N-ethyl adjacent to an activating group) is 1. The molecule has 0 saturated carbocycles. The van der Waals surface area contributed by atoms with Crippen LogP contribution in [0.25, 0.3) is 0 Å². The summed E-state index contributed by atoms with van der Waals surface area (Å²) in [4.78, 5) is 2.30. The van der Waals surface area contributed by atoms with Crippen LogP contribution in [-0.4, -0.2) is 31.1 Å². The Balaban J connectivity index is 2.55. The summed E-state index contributed by atoms with van der Waals surface area (Å²) in [5.41, 5.74) is 6.64. The first-order chi connectivity index (χ1) is 7.67. The highest BCUT2D eigenvalue weighted by Crippen LogP contribution is 2.21. The van der Waals surface area contributed by atoms with Crippen molar-refractivity contribution in [2.45, 2.75) is 13.3 Å². The van der Waals surface area contributed by atoms with E-state index in [4.69, 9.17) is 28.9 Å². The Morgan fingerprint density at radius 3 is 2.62 bits per heavy atom. The Morgan fingerprint density at radius 2 is 2.00 bits per heavy atom. The van der Waals surface area contributed by atoms with Crippen molar-refractivity contribution in [2.75, 3.05) is 26.2 Å². The van der Waals surface area contributed by atoms with Crippen LogP contribution in [-0.2, 0) is 6.42 Å². The molecule has 16 heavy (non-hydrogen) atoms. The van der Waals surface area contributed by atoms with Gasteiger partial charge in [-0.25, -0.2) is 0 Å². The van der Waals surface area contributed by atoms with E-state index in [9.17, 15) is 0 Å². The summed E-state index contributed by atoms with van der Waals surface area (Å²) >= 11 is 12.0. The Kier molecular flexibility index (Phi) is 6.14. The highest BCUT2D eigenvalue weighted by atomic mass is 35.5. The second-order valence-electron chi connectivity index (χ2n) is 3.71. The predicted octanol–water partition coefficient (Wildman–Crippen LogP) is 2.82. The first kappa shape index (κ1) is 13.8. The fourth-order valence-electron chi connectivity index (χ4n) is 1.62. The van der Waals surface area contributed by atoms with Crippen molar-refractivity contribution in [3.8, 4) is 0 Å². The topological polar surface area (TPSA) is 29.3 Å². The number of hydrogen-bond donors (Lipinski definition) is 1. The van der Waals surface area contributed by atoms with Gasteiger partial charge in [-0.3, -0.25) is 0 Å². The van der Waals surface area contributed by atoms with Crippen LogP contribution < -0.4 is 5.73 Å². The molecule has 0 aromatic heterocycles. The van der Waals surface area contributed by atoms with Crippen LogP contribution in [0.15, 0.2) is 18.2 Å². The molecule has 0 spiro atoms. The molecule has 0 heterocycles. The van der Waals surface area contributed by atoms with Crippen molar-refractivity contribution >= 4 is 23.2 Å². The number of rotatable bonds is 6. The van der Waals surface area contributed by atoms with E-state index in [1.54, 1.807) is 0 Å². The average Bonchev–Trinajstić information content (AvgIpc) is 2.28. The Hall–Kier alpha value is -0.280. The van der Waals surface area contributed by atoms with E-state index < -0.39 is 0 Å². The zero-order chi connectivity index (χ0) is 12.0. The number of halogens is 2. The highest BCUT2D eigenvalue weighted by molar-refractivity contribution is 6.33. The quantitative estimate of drug-likeness (QED) is 0.853. The van der Waals surface area contributed by atoms with Gasteiger partial charge in [0.1, 0.15) is 0 Å². The molecule has 90 valence electrons. The molecule has 0 bridgehead atoms. The molecule has 2 nitrogen and oxygen atoms in total. The van der Waals surface area contributed by atoms with E-state index in [0.717, 1.165) is 41.7 Å². The van der Waals surface area contributed by atoms with Gasteiger partial charge in [0.25, 0.3) is 0 Å². The molecular weight excluding hydrogens is 243 g/mol. The lowest BCUT2D eigenvalue weighted by Gasteiger charge is -2.19. The van der Waals surface area contributed by atoms with E-state index in [1.807, 2.05) is 18.2 Å². The molecule has 0 fully saturated rings. The smallest absolute Gasteiger partial charge is 0.0439 e. The second-order valence-corrected chi connectivity index (χ2v) is 4.55. The summed E-state index contributed by atoms with van der Waals surface area (Å²) < 4.78 is 0. The molecule has 0 aliphatic heterocycles. The van der Waals surface area contributed by atoms with Gasteiger partial charge >= 0.3 is 0 Å². The molecule has 0 amide bonds. The normalized spacial score (nSPS) is 11.1. The van der Waals surface area contributed by atoms with Crippen LogP contribution in [0, 0.1) is 0 Å². The Morgan fingerprint density at radius 1 is 1.25 bits per heavy atom. The van der Waals surface area contributed by atoms with Gasteiger partial charge in [0.2, 0.25) is 0 Å². The molecule has 0 atom stereocenters. The lowest BCUT2D eigenvalue weighted by molar-refractivity contribution is 0.300. The average molecular weight is 261 g/mol. The van der Waals surface area contributed by atoms with E-state index in [0.29, 0.717) is 6.54 Å². The third-order valence-electron chi connectivity index (χ3n) is 2.60. The maximum absolute atomic E-state index is 6.10. The van der Waals surface area contributed by atoms with Gasteiger partial charge < -0.3 is 10.6 Å². The predicted molar refractivity (Wildman–Crippen MR) is 71.3 cm³/mol. The molecule has 1 aromatic carbocycles. The van der Waals surface area contributed by atoms with Crippen LogP contribution in [0.4, 0.5) is 0 Å². The monoisotopic (exact) mass is 260 g/mol. The molecule has 4 heteroatoms. The van der Waals surface area contributed by atoms with Gasteiger partial charge in [0, 0.05) is 29.7 Å². The van der Waals surface area contributed by atoms with Crippen LogP contribution in [0.5, 0.6) is 0 Å².